The number of nitrogens with zero attached hydrogens (tertiary/aromatic N) is 5. The molecule has 2 fully saturated rings. The van der Waals surface area contributed by atoms with Crippen molar-refractivity contribution in [3.63, 3.8) is 0 Å². The number of rotatable bonds is 8. The number of methoxy groups -OCH3 is 1. The van der Waals surface area contributed by atoms with E-state index in [-0.39, 0.29) is 65.7 Å². The Hall–Kier alpha value is -4.16. The highest BCUT2D eigenvalue weighted by Gasteiger charge is 2.57. The number of hydrogen-bond acceptors (Lipinski definition) is 10. The molecule has 2 aromatic rings. The molecule has 3 aliphatic heterocycles. The molecule has 0 radical (unpaired) electrons. The standard InChI is InChI=1S/C25H26FN7O6S/c1-39-4-2-28-19-7-21(29-11-16(19)10-27)31-24(36)33-17-8-25(26,9-17)18-6-15(20(13-34)30-23(18)33)12-32-3-5-40(37,38)14-22(32)35/h6-7,11,13,17H,2-5,8-9,12,14H2,1H3,(H2,28,29,31,36). The van der Waals surface area contributed by atoms with Crippen LogP contribution in [-0.4, -0.2) is 85.9 Å². The van der Waals surface area contributed by atoms with E-state index in [0.29, 0.717) is 25.1 Å². The van der Waals surface area contributed by atoms with E-state index in [0.717, 1.165) is 0 Å². The van der Waals surface area contributed by atoms with E-state index >= 15 is 4.39 Å². The van der Waals surface area contributed by atoms with Crippen molar-refractivity contribution in [1.82, 2.24) is 14.9 Å². The lowest BCUT2D eigenvalue weighted by molar-refractivity contribution is -0.129. The van der Waals surface area contributed by atoms with Crippen LogP contribution in [-0.2, 0) is 31.6 Å². The Bertz CT molecular complexity index is 1540. The van der Waals surface area contributed by atoms with Crippen molar-refractivity contribution in [1.29, 1.82) is 5.26 Å². The van der Waals surface area contributed by atoms with Crippen LogP contribution in [0.5, 0.6) is 0 Å². The van der Waals surface area contributed by atoms with Gasteiger partial charge in [0.2, 0.25) is 5.91 Å². The third kappa shape index (κ3) is 5.07. The van der Waals surface area contributed by atoms with Gasteiger partial charge in [-0.15, -0.1) is 0 Å². The number of alkyl halides is 1. The molecule has 2 bridgehead atoms. The molecular formula is C25H26FN7O6S. The van der Waals surface area contributed by atoms with Crippen molar-refractivity contribution >= 4 is 45.4 Å². The molecule has 0 atom stereocenters. The number of amides is 3. The first-order chi connectivity index (χ1) is 19.1. The fourth-order valence-electron chi connectivity index (χ4n) is 5.14. The number of ether oxygens (including phenoxy) is 1. The molecule has 0 aromatic carbocycles. The molecule has 15 heteroatoms. The molecule has 1 aliphatic carbocycles. The van der Waals surface area contributed by atoms with Crippen molar-refractivity contribution in [2.45, 2.75) is 31.1 Å². The van der Waals surface area contributed by atoms with Gasteiger partial charge in [0, 0.05) is 69.0 Å². The van der Waals surface area contributed by atoms with Crippen LogP contribution in [0.15, 0.2) is 18.3 Å². The SMILES string of the molecule is COCCNc1cc(NC(=O)N2c3nc(C=O)c(CN4CCS(=O)(=O)CC4=O)cc3C3(F)CC2C3)ncc1C#N. The number of anilines is 3. The average molecular weight is 572 g/mol. The van der Waals surface area contributed by atoms with Gasteiger partial charge in [0.15, 0.2) is 16.1 Å². The summed E-state index contributed by atoms with van der Waals surface area (Å²) < 4.78 is 44.3. The summed E-state index contributed by atoms with van der Waals surface area (Å²) in [5.41, 5.74) is -0.721. The zero-order chi connectivity index (χ0) is 28.7. The largest absolute Gasteiger partial charge is 0.383 e. The number of nitrogens with one attached hydrogen (secondary N) is 2. The first kappa shape index (κ1) is 27.4. The highest BCUT2D eigenvalue weighted by Crippen LogP contribution is 2.55. The lowest BCUT2D eigenvalue weighted by Gasteiger charge is -2.52. The molecule has 40 heavy (non-hydrogen) atoms. The van der Waals surface area contributed by atoms with E-state index in [2.05, 4.69) is 20.6 Å². The molecule has 2 N–H and O–H groups in total. The molecule has 2 aromatic heterocycles. The average Bonchev–Trinajstić information content (AvgIpc) is 2.89. The number of carbonyl (C=O) groups is 3. The van der Waals surface area contributed by atoms with Crippen LogP contribution in [0, 0.1) is 11.3 Å². The highest BCUT2D eigenvalue weighted by atomic mass is 32.2. The molecule has 210 valence electrons. The molecule has 13 nitrogen and oxygen atoms in total. The monoisotopic (exact) mass is 571 g/mol. The topological polar surface area (TPSA) is 175 Å². The summed E-state index contributed by atoms with van der Waals surface area (Å²) in [6, 6.07) is 3.83. The maximum Gasteiger partial charge on any atom is 0.328 e. The van der Waals surface area contributed by atoms with Crippen LogP contribution in [0.1, 0.15) is 40.0 Å². The van der Waals surface area contributed by atoms with Gasteiger partial charge in [-0.05, 0) is 6.07 Å². The first-order valence-electron chi connectivity index (χ1n) is 12.5. The Morgan fingerprint density at radius 1 is 1.38 bits per heavy atom. The van der Waals surface area contributed by atoms with Gasteiger partial charge in [0.05, 0.1) is 23.6 Å². The Balaban J connectivity index is 1.42. The smallest absolute Gasteiger partial charge is 0.328 e. The molecular weight excluding hydrogens is 545 g/mol. The predicted octanol–water partition coefficient (Wildman–Crippen LogP) is 1.36. The lowest BCUT2D eigenvalue weighted by atomic mass is 9.68. The maximum atomic E-state index is 15.7. The number of hydrogen-bond donors (Lipinski definition) is 2. The molecule has 1 saturated heterocycles. The minimum Gasteiger partial charge on any atom is -0.383 e. The zero-order valence-corrected chi connectivity index (χ0v) is 22.3. The number of halogens is 1. The fraction of sp³-hybridized carbons (Fsp3) is 0.440. The van der Waals surface area contributed by atoms with E-state index in [4.69, 9.17) is 4.74 Å². The molecule has 6 rings (SSSR count). The van der Waals surface area contributed by atoms with Crippen LogP contribution in [0.4, 0.5) is 26.5 Å². The van der Waals surface area contributed by atoms with Gasteiger partial charge < -0.3 is 15.0 Å². The van der Waals surface area contributed by atoms with E-state index in [9.17, 15) is 28.1 Å². The van der Waals surface area contributed by atoms with Crippen LogP contribution < -0.4 is 15.5 Å². The van der Waals surface area contributed by atoms with Gasteiger partial charge in [-0.1, -0.05) is 0 Å². The summed E-state index contributed by atoms with van der Waals surface area (Å²) >= 11 is 0. The highest BCUT2D eigenvalue weighted by molar-refractivity contribution is 7.92. The third-order valence-corrected chi connectivity index (χ3v) is 8.74. The molecule has 4 aliphatic rings. The van der Waals surface area contributed by atoms with Crippen molar-refractivity contribution in [2.75, 3.05) is 53.8 Å². The van der Waals surface area contributed by atoms with E-state index in [1.165, 1.54) is 28.1 Å². The first-order valence-corrected chi connectivity index (χ1v) is 14.3. The number of sulfone groups is 1. The second-order valence-corrected chi connectivity index (χ2v) is 12.1. The van der Waals surface area contributed by atoms with Crippen molar-refractivity contribution in [2.24, 2.45) is 0 Å². The summed E-state index contributed by atoms with van der Waals surface area (Å²) in [5.74, 6) is -1.30. The van der Waals surface area contributed by atoms with Gasteiger partial charge in [0.25, 0.3) is 0 Å². The van der Waals surface area contributed by atoms with Gasteiger partial charge in [-0.25, -0.2) is 27.6 Å². The molecule has 5 heterocycles. The Morgan fingerprint density at radius 3 is 2.83 bits per heavy atom. The van der Waals surface area contributed by atoms with Crippen LogP contribution in [0.3, 0.4) is 0 Å². The van der Waals surface area contributed by atoms with E-state index < -0.39 is 39.2 Å². The Morgan fingerprint density at radius 2 is 2.15 bits per heavy atom. The number of carbonyl (C=O) groups excluding carboxylic acids is 3. The van der Waals surface area contributed by atoms with Gasteiger partial charge in [-0.3, -0.25) is 19.8 Å². The summed E-state index contributed by atoms with van der Waals surface area (Å²) in [4.78, 5) is 48.8. The zero-order valence-electron chi connectivity index (χ0n) is 21.5. The molecule has 1 saturated carbocycles. The lowest BCUT2D eigenvalue weighted by Crippen LogP contribution is -2.60. The number of aldehydes is 1. The van der Waals surface area contributed by atoms with Crippen LogP contribution >= 0.6 is 0 Å². The van der Waals surface area contributed by atoms with E-state index in [1.54, 1.807) is 7.11 Å². The van der Waals surface area contributed by atoms with Gasteiger partial charge in [-0.2, -0.15) is 5.26 Å². The third-order valence-electron chi connectivity index (χ3n) is 7.25. The Labute approximate surface area is 229 Å². The minimum absolute atomic E-state index is 0.00649. The van der Waals surface area contributed by atoms with Gasteiger partial charge >= 0.3 is 6.03 Å². The summed E-state index contributed by atoms with van der Waals surface area (Å²) in [5, 5.41) is 15.1. The minimum atomic E-state index is -3.47. The molecule has 0 spiro atoms. The number of nitriles is 1. The summed E-state index contributed by atoms with van der Waals surface area (Å²) in [6.07, 6.45) is 1.83. The van der Waals surface area contributed by atoms with Gasteiger partial charge in [0.1, 0.15) is 34.8 Å². The van der Waals surface area contributed by atoms with Crippen molar-refractivity contribution in [3.05, 3.63) is 40.7 Å². The van der Waals surface area contributed by atoms with Crippen LogP contribution in [0.25, 0.3) is 0 Å². The maximum absolute atomic E-state index is 15.7. The number of urea groups is 1. The fourth-order valence-corrected chi connectivity index (χ4v) is 6.34. The second kappa shape index (κ2) is 10.4. The van der Waals surface area contributed by atoms with Crippen LogP contribution in [0.2, 0.25) is 0 Å². The molecule has 0 unspecified atom stereocenters. The van der Waals surface area contributed by atoms with Crippen molar-refractivity contribution < 1.29 is 31.9 Å². The van der Waals surface area contributed by atoms with E-state index in [1.807, 2.05) is 6.07 Å². The molecule has 3 amide bonds. The predicted molar refractivity (Wildman–Crippen MR) is 140 cm³/mol. The summed E-state index contributed by atoms with van der Waals surface area (Å²) in [7, 11) is -1.93. The normalized spacial score (nSPS) is 22.5. The quantitative estimate of drug-likeness (QED) is 0.348. The number of pyridine rings is 2. The van der Waals surface area contributed by atoms with Crippen molar-refractivity contribution in [3.8, 4) is 6.07 Å². The summed E-state index contributed by atoms with van der Waals surface area (Å²) in [6.45, 7) is 0.655. The number of aromatic nitrogens is 2. The second-order valence-electron chi connectivity index (χ2n) is 9.90. The Kier molecular flexibility index (Phi) is 7.15.